The summed E-state index contributed by atoms with van der Waals surface area (Å²) in [6.45, 7) is 0. The number of hydrogen-bond donors (Lipinski definition) is 0. The van der Waals surface area contributed by atoms with Gasteiger partial charge in [0, 0.05) is 34.7 Å². The van der Waals surface area contributed by atoms with Gasteiger partial charge in [-0.25, -0.2) is 9.97 Å². The summed E-state index contributed by atoms with van der Waals surface area (Å²) in [5.41, 5.74) is 11.8. The molecule has 5 heteroatoms. The van der Waals surface area contributed by atoms with Gasteiger partial charge in [0.1, 0.15) is 11.6 Å². The highest BCUT2D eigenvalue weighted by Crippen LogP contribution is 2.51. The SMILES string of the molecule is C1=Cc2cc3c4ccccc4n(C4c5ccccc5-c5ccc(Oc6ccccn6)cc54)c3cc2N(c2ccccn2)c2ccccc21. The molecule has 0 saturated heterocycles. The molecule has 4 heterocycles. The first-order valence-corrected chi connectivity index (χ1v) is 16.2. The number of fused-ring (bicyclic) bond motifs is 8. The van der Waals surface area contributed by atoms with E-state index in [1.807, 2.05) is 36.5 Å². The Hall–Kier alpha value is -6.46. The summed E-state index contributed by atoms with van der Waals surface area (Å²) in [6, 6.07) is 49.0. The van der Waals surface area contributed by atoms with Crippen LogP contribution in [0, 0.1) is 0 Å². The normalized spacial score (nSPS) is 14.3. The zero-order valence-electron chi connectivity index (χ0n) is 25.9. The minimum Gasteiger partial charge on any atom is -0.439 e. The first-order valence-electron chi connectivity index (χ1n) is 16.2. The van der Waals surface area contributed by atoms with Crippen molar-refractivity contribution in [3.63, 3.8) is 0 Å². The zero-order valence-corrected chi connectivity index (χ0v) is 25.9. The molecule has 1 unspecified atom stereocenters. The highest BCUT2D eigenvalue weighted by Gasteiger charge is 2.33. The molecule has 0 radical (unpaired) electrons. The van der Waals surface area contributed by atoms with Gasteiger partial charge in [-0.1, -0.05) is 91.0 Å². The third-order valence-electron chi connectivity index (χ3n) is 9.58. The molecular formula is C43H28N4O. The minimum absolute atomic E-state index is 0.0687. The maximum atomic E-state index is 6.29. The van der Waals surface area contributed by atoms with Crippen LogP contribution in [0.3, 0.4) is 0 Å². The van der Waals surface area contributed by atoms with Gasteiger partial charge in [-0.2, -0.15) is 0 Å². The van der Waals surface area contributed by atoms with Gasteiger partial charge in [0.15, 0.2) is 0 Å². The van der Waals surface area contributed by atoms with E-state index in [1.165, 1.54) is 38.5 Å². The first kappa shape index (κ1) is 26.7. The largest absolute Gasteiger partial charge is 0.439 e. The Morgan fingerprint density at radius 3 is 2.19 bits per heavy atom. The molecule has 0 fully saturated rings. The molecule has 0 spiro atoms. The van der Waals surface area contributed by atoms with E-state index in [0.717, 1.165) is 39.6 Å². The van der Waals surface area contributed by atoms with Crippen molar-refractivity contribution in [2.24, 2.45) is 0 Å². The van der Waals surface area contributed by atoms with Crippen LogP contribution in [0.25, 0.3) is 45.1 Å². The molecule has 48 heavy (non-hydrogen) atoms. The molecule has 226 valence electrons. The fourth-order valence-corrected chi connectivity index (χ4v) is 7.56. The Bertz CT molecular complexity index is 2550. The molecule has 0 bridgehead atoms. The van der Waals surface area contributed by atoms with Crippen LogP contribution in [-0.2, 0) is 0 Å². The molecule has 2 aliphatic rings. The van der Waals surface area contributed by atoms with Crippen LogP contribution in [0.2, 0.25) is 0 Å². The summed E-state index contributed by atoms with van der Waals surface area (Å²) >= 11 is 0. The number of aromatic nitrogens is 3. The summed E-state index contributed by atoms with van der Waals surface area (Å²) in [5.74, 6) is 2.22. The van der Waals surface area contributed by atoms with E-state index in [2.05, 4.69) is 136 Å². The molecule has 1 aliphatic heterocycles. The number of anilines is 3. The second-order valence-corrected chi connectivity index (χ2v) is 12.2. The molecule has 0 amide bonds. The third kappa shape index (κ3) is 4.04. The topological polar surface area (TPSA) is 43.2 Å². The molecule has 0 N–H and O–H groups in total. The van der Waals surface area contributed by atoms with E-state index in [4.69, 9.17) is 9.72 Å². The molecule has 5 aromatic carbocycles. The van der Waals surface area contributed by atoms with E-state index in [9.17, 15) is 0 Å². The first-order chi connectivity index (χ1) is 23.8. The van der Waals surface area contributed by atoms with Gasteiger partial charge in [-0.3, -0.25) is 4.90 Å². The second-order valence-electron chi connectivity index (χ2n) is 12.2. The Morgan fingerprint density at radius 1 is 0.521 bits per heavy atom. The van der Waals surface area contributed by atoms with Crippen LogP contribution >= 0.6 is 0 Å². The standard InChI is InChI=1S/C43H28N4O/c1-5-15-37-28(11-1)19-20-29-25-35-33-13-4-6-16-38(33)47(40(35)27-39(29)46(37)41-17-7-9-23-44-41)43-34-14-3-2-12-31(34)32-22-21-30(26-36(32)43)48-42-18-8-10-24-45-42/h1-27,43H. The lowest BCUT2D eigenvalue weighted by Crippen LogP contribution is -2.14. The quantitative estimate of drug-likeness (QED) is 0.197. The highest BCUT2D eigenvalue weighted by molar-refractivity contribution is 6.12. The van der Waals surface area contributed by atoms with E-state index in [-0.39, 0.29) is 6.04 Å². The molecule has 1 aliphatic carbocycles. The number of nitrogens with zero attached hydrogens (tertiary/aromatic N) is 4. The molecule has 0 saturated carbocycles. The summed E-state index contributed by atoms with van der Waals surface area (Å²) in [6.07, 6.45) is 8.07. The molecule has 10 rings (SSSR count). The van der Waals surface area contributed by atoms with Gasteiger partial charge in [0.25, 0.3) is 0 Å². The Kier molecular flexibility index (Phi) is 5.87. The molecule has 1 atom stereocenters. The Morgan fingerprint density at radius 2 is 1.29 bits per heavy atom. The van der Waals surface area contributed by atoms with Crippen molar-refractivity contribution < 1.29 is 4.74 Å². The van der Waals surface area contributed by atoms with E-state index >= 15 is 0 Å². The monoisotopic (exact) mass is 616 g/mol. The lowest BCUT2D eigenvalue weighted by Gasteiger charge is -2.27. The predicted molar refractivity (Wildman–Crippen MR) is 194 cm³/mol. The average Bonchev–Trinajstić information content (AvgIpc) is 3.56. The van der Waals surface area contributed by atoms with E-state index in [0.29, 0.717) is 5.88 Å². The fraction of sp³-hybridized carbons (Fsp3) is 0.0233. The Balaban J connectivity index is 1.25. The lowest BCUT2D eigenvalue weighted by atomic mass is 10.0. The van der Waals surface area contributed by atoms with Crippen LogP contribution in [0.5, 0.6) is 11.6 Å². The van der Waals surface area contributed by atoms with Crippen molar-refractivity contribution in [1.29, 1.82) is 0 Å². The highest BCUT2D eigenvalue weighted by atomic mass is 16.5. The molecular weight excluding hydrogens is 589 g/mol. The zero-order chi connectivity index (χ0) is 31.6. The van der Waals surface area contributed by atoms with Gasteiger partial charge in [0.05, 0.1) is 22.9 Å². The maximum Gasteiger partial charge on any atom is 0.219 e. The van der Waals surface area contributed by atoms with Crippen LogP contribution in [0.4, 0.5) is 17.2 Å². The summed E-state index contributed by atoms with van der Waals surface area (Å²) in [4.78, 5) is 11.5. The number of hydrogen-bond acceptors (Lipinski definition) is 4. The van der Waals surface area contributed by atoms with Gasteiger partial charge < -0.3 is 9.30 Å². The number of benzene rings is 5. The number of rotatable bonds is 4. The summed E-state index contributed by atoms with van der Waals surface area (Å²) in [7, 11) is 0. The fourth-order valence-electron chi connectivity index (χ4n) is 7.56. The number of pyridine rings is 2. The second kappa shape index (κ2) is 10.5. The van der Waals surface area contributed by atoms with Crippen molar-refractivity contribution in [2.75, 3.05) is 4.90 Å². The minimum atomic E-state index is -0.0687. The average molecular weight is 617 g/mol. The molecule has 8 aromatic rings. The van der Waals surface area contributed by atoms with E-state index < -0.39 is 0 Å². The van der Waals surface area contributed by atoms with Crippen molar-refractivity contribution in [3.8, 4) is 22.8 Å². The third-order valence-corrected chi connectivity index (χ3v) is 9.58. The van der Waals surface area contributed by atoms with Crippen molar-refractivity contribution in [2.45, 2.75) is 6.04 Å². The lowest BCUT2D eigenvalue weighted by molar-refractivity contribution is 0.462. The molecule has 5 nitrogen and oxygen atoms in total. The van der Waals surface area contributed by atoms with Gasteiger partial charge >= 0.3 is 0 Å². The van der Waals surface area contributed by atoms with Crippen LogP contribution in [0.15, 0.2) is 152 Å². The van der Waals surface area contributed by atoms with Crippen molar-refractivity contribution >= 4 is 51.2 Å². The van der Waals surface area contributed by atoms with Gasteiger partial charge in [0.2, 0.25) is 5.88 Å². The van der Waals surface area contributed by atoms with Crippen LogP contribution < -0.4 is 9.64 Å². The summed E-state index contributed by atoms with van der Waals surface area (Å²) in [5, 5.41) is 2.44. The smallest absolute Gasteiger partial charge is 0.219 e. The Labute approximate surface area is 277 Å². The summed E-state index contributed by atoms with van der Waals surface area (Å²) < 4.78 is 8.81. The maximum absolute atomic E-state index is 6.29. The predicted octanol–water partition coefficient (Wildman–Crippen LogP) is 10.9. The van der Waals surface area contributed by atoms with Crippen molar-refractivity contribution in [3.05, 3.63) is 174 Å². The number of para-hydroxylation sites is 2. The van der Waals surface area contributed by atoms with Crippen LogP contribution in [0.1, 0.15) is 28.3 Å². The van der Waals surface area contributed by atoms with Crippen LogP contribution in [-0.4, -0.2) is 14.5 Å². The van der Waals surface area contributed by atoms with Crippen molar-refractivity contribution in [1.82, 2.24) is 14.5 Å². The van der Waals surface area contributed by atoms with Gasteiger partial charge in [-0.15, -0.1) is 0 Å². The van der Waals surface area contributed by atoms with Gasteiger partial charge in [-0.05, 0) is 88.0 Å². The van der Waals surface area contributed by atoms with E-state index in [1.54, 1.807) is 6.20 Å². The molecule has 3 aromatic heterocycles. The number of ether oxygens (including phenoxy) is 1.